The van der Waals surface area contributed by atoms with Crippen LogP contribution >= 0.6 is 0 Å². The van der Waals surface area contributed by atoms with Crippen molar-refractivity contribution >= 4 is 15.9 Å². The molecule has 0 aromatic rings. The number of halogens is 3. The Morgan fingerprint density at radius 3 is 1.68 bits per heavy atom. The maximum Gasteiger partial charge on any atom is 0.516 e. The van der Waals surface area contributed by atoms with Gasteiger partial charge in [-0.2, -0.15) is 21.6 Å². The van der Waals surface area contributed by atoms with Crippen LogP contribution in [-0.2, 0) is 14.8 Å². The standard InChI is InChI=1S/C20H36F3NO3S/c1-2-3-4-5-6-7-8-9-10-11-12-13-14-15-16-17-18-19(25)24-28(26,27)20(21,22)23/h9-10H,2-8,11-18H2,1H3,(H,24,25)/b10-9+. The lowest BCUT2D eigenvalue weighted by molar-refractivity contribution is -0.120. The summed E-state index contributed by atoms with van der Waals surface area (Å²) in [5.41, 5.74) is -5.45. The van der Waals surface area contributed by atoms with E-state index in [1.807, 2.05) is 0 Å². The molecule has 0 saturated heterocycles. The minimum Gasteiger partial charge on any atom is -0.274 e. The van der Waals surface area contributed by atoms with Crippen LogP contribution in [0.1, 0.15) is 103 Å². The van der Waals surface area contributed by atoms with Crippen molar-refractivity contribution < 1.29 is 26.4 Å². The summed E-state index contributed by atoms with van der Waals surface area (Å²) in [6.07, 6.45) is 19.5. The van der Waals surface area contributed by atoms with Crippen LogP contribution in [0.5, 0.6) is 0 Å². The highest BCUT2D eigenvalue weighted by molar-refractivity contribution is 7.90. The summed E-state index contributed by atoms with van der Waals surface area (Å²) in [6.45, 7) is 2.22. The molecule has 0 spiro atoms. The zero-order valence-corrected chi connectivity index (χ0v) is 17.8. The Hall–Kier alpha value is -1.05. The number of carbonyl (C=O) groups excluding carboxylic acids is 1. The van der Waals surface area contributed by atoms with Gasteiger partial charge in [0.05, 0.1) is 0 Å². The van der Waals surface area contributed by atoms with Gasteiger partial charge in [-0.15, -0.1) is 0 Å². The minimum atomic E-state index is -5.57. The number of hydrogen-bond acceptors (Lipinski definition) is 3. The van der Waals surface area contributed by atoms with Crippen molar-refractivity contribution in [2.75, 3.05) is 0 Å². The molecule has 0 atom stereocenters. The Morgan fingerprint density at radius 1 is 0.786 bits per heavy atom. The van der Waals surface area contributed by atoms with Crippen molar-refractivity contribution in [1.29, 1.82) is 0 Å². The first kappa shape index (κ1) is 27.0. The molecule has 0 aliphatic heterocycles. The molecule has 1 N–H and O–H groups in total. The molecule has 166 valence electrons. The average Bonchev–Trinajstić information content (AvgIpc) is 2.60. The summed E-state index contributed by atoms with van der Waals surface area (Å²) in [5, 5.41) is 0. The van der Waals surface area contributed by atoms with Crippen molar-refractivity contribution in [1.82, 2.24) is 4.72 Å². The van der Waals surface area contributed by atoms with E-state index in [2.05, 4.69) is 19.1 Å². The highest BCUT2D eigenvalue weighted by Crippen LogP contribution is 2.21. The van der Waals surface area contributed by atoms with E-state index in [-0.39, 0.29) is 6.42 Å². The molecule has 0 saturated carbocycles. The summed E-state index contributed by atoms with van der Waals surface area (Å²) in [6, 6.07) is 0. The van der Waals surface area contributed by atoms with Crippen LogP contribution in [0, 0.1) is 0 Å². The topological polar surface area (TPSA) is 63.2 Å². The maximum absolute atomic E-state index is 12.1. The third-order valence-electron chi connectivity index (χ3n) is 4.47. The zero-order chi connectivity index (χ0) is 21.3. The average molecular weight is 428 g/mol. The molecular weight excluding hydrogens is 391 g/mol. The van der Waals surface area contributed by atoms with E-state index in [9.17, 15) is 26.4 Å². The van der Waals surface area contributed by atoms with Crippen LogP contribution in [0.4, 0.5) is 13.2 Å². The van der Waals surface area contributed by atoms with E-state index < -0.39 is 21.4 Å². The van der Waals surface area contributed by atoms with Crippen molar-refractivity contribution in [3.05, 3.63) is 12.2 Å². The van der Waals surface area contributed by atoms with Gasteiger partial charge >= 0.3 is 15.5 Å². The number of unbranched alkanes of at least 4 members (excludes halogenated alkanes) is 12. The van der Waals surface area contributed by atoms with E-state index in [0.717, 1.165) is 43.2 Å². The quantitative estimate of drug-likeness (QED) is 0.216. The van der Waals surface area contributed by atoms with Gasteiger partial charge < -0.3 is 0 Å². The van der Waals surface area contributed by atoms with Gasteiger partial charge in [-0.1, -0.05) is 76.9 Å². The lowest BCUT2D eigenvalue weighted by Gasteiger charge is -2.09. The van der Waals surface area contributed by atoms with Crippen LogP contribution in [0.15, 0.2) is 12.2 Å². The van der Waals surface area contributed by atoms with Crippen molar-refractivity contribution in [3.63, 3.8) is 0 Å². The predicted octanol–water partition coefficient (Wildman–Crippen LogP) is 6.38. The molecule has 0 heterocycles. The summed E-state index contributed by atoms with van der Waals surface area (Å²) in [5.74, 6) is -1.10. The highest BCUT2D eigenvalue weighted by atomic mass is 32.2. The lowest BCUT2D eigenvalue weighted by Crippen LogP contribution is -2.40. The third-order valence-corrected chi connectivity index (χ3v) is 5.57. The van der Waals surface area contributed by atoms with E-state index >= 15 is 0 Å². The van der Waals surface area contributed by atoms with Gasteiger partial charge in [-0.05, 0) is 32.1 Å². The first-order valence-corrected chi connectivity index (χ1v) is 12.0. The number of amides is 1. The van der Waals surface area contributed by atoms with Crippen LogP contribution in [0.2, 0.25) is 0 Å². The largest absolute Gasteiger partial charge is 0.516 e. The molecule has 0 aromatic heterocycles. The normalized spacial score (nSPS) is 12.6. The SMILES string of the molecule is CCCCCCCC/C=C/CCCCCCCCC(=O)NS(=O)(=O)C(F)(F)F. The molecule has 28 heavy (non-hydrogen) atoms. The van der Waals surface area contributed by atoms with Gasteiger partial charge in [0.15, 0.2) is 0 Å². The number of carbonyl (C=O) groups is 1. The monoisotopic (exact) mass is 427 g/mol. The Balaban J connectivity index is 3.46. The van der Waals surface area contributed by atoms with Crippen LogP contribution in [0.25, 0.3) is 0 Å². The predicted molar refractivity (Wildman–Crippen MR) is 107 cm³/mol. The number of rotatable bonds is 17. The lowest BCUT2D eigenvalue weighted by atomic mass is 10.1. The van der Waals surface area contributed by atoms with Crippen molar-refractivity contribution in [2.45, 2.75) is 109 Å². The number of nitrogens with one attached hydrogen (secondary N) is 1. The van der Waals surface area contributed by atoms with Gasteiger partial charge in [0.1, 0.15) is 0 Å². The van der Waals surface area contributed by atoms with Crippen molar-refractivity contribution in [3.8, 4) is 0 Å². The van der Waals surface area contributed by atoms with E-state index in [0.29, 0.717) is 12.8 Å². The first-order valence-electron chi connectivity index (χ1n) is 10.5. The highest BCUT2D eigenvalue weighted by Gasteiger charge is 2.46. The third kappa shape index (κ3) is 14.9. The molecule has 0 fully saturated rings. The van der Waals surface area contributed by atoms with E-state index in [1.165, 1.54) is 38.5 Å². The summed E-state index contributed by atoms with van der Waals surface area (Å²) in [7, 11) is -5.57. The van der Waals surface area contributed by atoms with E-state index in [1.54, 1.807) is 0 Å². The molecule has 0 aromatic carbocycles. The van der Waals surface area contributed by atoms with Gasteiger partial charge in [-0.25, -0.2) is 4.72 Å². The number of sulfonamides is 1. The molecular formula is C20H36F3NO3S. The minimum absolute atomic E-state index is 0.212. The van der Waals surface area contributed by atoms with Gasteiger partial charge in [0.25, 0.3) is 0 Å². The Morgan fingerprint density at radius 2 is 1.21 bits per heavy atom. The maximum atomic E-state index is 12.1. The van der Waals surface area contributed by atoms with Crippen LogP contribution < -0.4 is 4.72 Å². The second kappa shape index (κ2) is 15.8. The molecule has 1 amide bonds. The summed E-state index contributed by atoms with van der Waals surface area (Å²) < 4.78 is 59.0. The Kier molecular flexibility index (Phi) is 15.2. The summed E-state index contributed by atoms with van der Waals surface area (Å²) in [4.78, 5) is 11.3. The van der Waals surface area contributed by atoms with Crippen molar-refractivity contribution in [2.24, 2.45) is 0 Å². The molecule has 4 nitrogen and oxygen atoms in total. The molecule has 0 aliphatic rings. The van der Waals surface area contributed by atoms with Crippen LogP contribution in [-0.4, -0.2) is 19.8 Å². The molecule has 8 heteroatoms. The number of allylic oxidation sites excluding steroid dienone is 2. The fraction of sp³-hybridized carbons (Fsp3) is 0.850. The fourth-order valence-corrected chi connectivity index (χ4v) is 3.31. The van der Waals surface area contributed by atoms with Crippen LogP contribution in [0.3, 0.4) is 0 Å². The zero-order valence-electron chi connectivity index (χ0n) is 17.0. The van der Waals surface area contributed by atoms with Gasteiger partial charge in [0, 0.05) is 6.42 Å². The first-order chi connectivity index (χ1) is 13.2. The smallest absolute Gasteiger partial charge is 0.274 e. The fourth-order valence-electron chi connectivity index (χ4n) is 2.79. The molecule has 0 unspecified atom stereocenters. The van der Waals surface area contributed by atoms with Gasteiger partial charge in [0.2, 0.25) is 5.91 Å². The summed E-state index contributed by atoms with van der Waals surface area (Å²) >= 11 is 0. The Bertz CT molecular complexity index is 531. The second-order valence-electron chi connectivity index (χ2n) is 7.16. The Labute approximate surface area is 168 Å². The molecule has 0 rings (SSSR count). The number of alkyl halides is 3. The van der Waals surface area contributed by atoms with Gasteiger partial charge in [-0.3, -0.25) is 4.79 Å². The molecule has 0 bridgehead atoms. The number of hydrogen-bond donors (Lipinski definition) is 1. The second-order valence-corrected chi connectivity index (χ2v) is 8.84. The van der Waals surface area contributed by atoms with E-state index in [4.69, 9.17) is 0 Å². The molecule has 0 aliphatic carbocycles. The molecule has 0 radical (unpaired) electrons.